The van der Waals surface area contributed by atoms with Crippen molar-refractivity contribution in [2.75, 3.05) is 12.0 Å². The molecule has 31 heavy (non-hydrogen) atoms. The minimum Gasteiger partial charge on any atom is -0.493 e. The highest BCUT2D eigenvalue weighted by molar-refractivity contribution is 9.10. The lowest BCUT2D eigenvalue weighted by molar-refractivity contribution is -0.122. The van der Waals surface area contributed by atoms with Crippen molar-refractivity contribution in [3.05, 3.63) is 57.0 Å². The number of carbonyl (C=O) groups excluding carboxylic acids is 2. The van der Waals surface area contributed by atoms with Crippen LogP contribution < -0.4 is 19.7 Å². The SMILES string of the molecule is CC[C@H](C)Oc1c(Cl)cc(/C=C2\C(=O)NC(=S)N(c3ccc(Br)cc3)C2=O)cc1OC. The van der Waals surface area contributed by atoms with Gasteiger partial charge in [0.05, 0.1) is 23.9 Å². The molecule has 1 heterocycles. The molecule has 0 saturated carbocycles. The summed E-state index contributed by atoms with van der Waals surface area (Å²) in [6, 6.07) is 10.3. The number of methoxy groups -OCH3 is 1. The highest BCUT2D eigenvalue weighted by atomic mass is 79.9. The molecular formula is C22H20BrClN2O4S. The first-order valence-corrected chi connectivity index (χ1v) is 11.0. The molecule has 0 radical (unpaired) electrons. The van der Waals surface area contributed by atoms with E-state index in [4.69, 9.17) is 33.3 Å². The Kier molecular flexibility index (Phi) is 7.35. The maximum atomic E-state index is 13.1. The second kappa shape index (κ2) is 9.80. The van der Waals surface area contributed by atoms with Gasteiger partial charge in [-0.25, -0.2) is 0 Å². The monoisotopic (exact) mass is 522 g/mol. The van der Waals surface area contributed by atoms with Gasteiger partial charge in [-0.3, -0.25) is 19.8 Å². The van der Waals surface area contributed by atoms with Crippen LogP contribution in [0.25, 0.3) is 6.08 Å². The zero-order valence-corrected chi connectivity index (χ0v) is 20.2. The second-order valence-corrected chi connectivity index (χ2v) is 8.51. The molecule has 2 aromatic carbocycles. The predicted octanol–water partition coefficient (Wildman–Crippen LogP) is 5.12. The van der Waals surface area contributed by atoms with Crippen molar-refractivity contribution in [2.45, 2.75) is 26.4 Å². The van der Waals surface area contributed by atoms with Crippen LogP contribution in [-0.2, 0) is 9.59 Å². The Balaban J connectivity index is 2.00. The number of carbonyl (C=O) groups is 2. The van der Waals surface area contributed by atoms with Crippen LogP contribution in [0.1, 0.15) is 25.8 Å². The van der Waals surface area contributed by atoms with Crippen LogP contribution in [0.2, 0.25) is 5.02 Å². The average Bonchev–Trinajstić information content (AvgIpc) is 2.73. The van der Waals surface area contributed by atoms with Gasteiger partial charge in [0, 0.05) is 4.47 Å². The van der Waals surface area contributed by atoms with Gasteiger partial charge in [-0.05, 0) is 73.6 Å². The Morgan fingerprint density at radius 1 is 1.26 bits per heavy atom. The summed E-state index contributed by atoms with van der Waals surface area (Å²) in [5.74, 6) is -0.300. The third-order valence-corrected chi connectivity index (χ3v) is 5.74. The van der Waals surface area contributed by atoms with Crippen LogP contribution in [0.15, 0.2) is 46.4 Å². The van der Waals surface area contributed by atoms with Crippen LogP contribution in [0.5, 0.6) is 11.5 Å². The molecule has 6 nitrogen and oxygen atoms in total. The van der Waals surface area contributed by atoms with Gasteiger partial charge >= 0.3 is 0 Å². The van der Waals surface area contributed by atoms with E-state index in [1.165, 1.54) is 18.1 Å². The molecule has 1 fully saturated rings. The van der Waals surface area contributed by atoms with E-state index in [1.54, 1.807) is 36.4 Å². The Bertz CT molecular complexity index is 1070. The highest BCUT2D eigenvalue weighted by Crippen LogP contribution is 2.38. The zero-order valence-electron chi connectivity index (χ0n) is 17.1. The number of nitrogens with one attached hydrogen (secondary N) is 1. The predicted molar refractivity (Wildman–Crippen MR) is 129 cm³/mol. The summed E-state index contributed by atoms with van der Waals surface area (Å²) in [6.07, 6.45) is 2.19. The number of hydrogen-bond acceptors (Lipinski definition) is 5. The lowest BCUT2D eigenvalue weighted by Crippen LogP contribution is -2.54. The summed E-state index contributed by atoms with van der Waals surface area (Å²) in [4.78, 5) is 26.9. The van der Waals surface area contributed by atoms with Gasteiger partial charge in [0.2, 0.25) is 0 Å². The molecule has 0 spiro atoms. The number of hydrogen-bond donors (Lipinski definition) is 1. The van der Waals surface area contributed by atoms with Gasteiger partial charge in [0.25, 0.3) is 11.8 Å². The molecule has 0 bridgehead atoms. The topological polar surface area (TPSA) is 67.9 Å². The largest absolute Gasteiger partial charge is 0.493 e. The van der Waals surface area contributed by atoms with Crippen molar-refractivity contribution >= 4 is 68.4 Å². The van der Waals surface area contributed by atoms with E-state index in [0.29, 0.717) is 27.8 Å². The van der Waals surface area contributed by atoms with Crippen molar-refractivity contribution in [2.24, 2.45) is 0 Å². The minimum atomic E-state index is -0.585. The molecule has 1 aliphatic heterocycles. The van der Waals surface area contributed by atoms with Gasteiger partial charge < -0.3 is 9.47 Å². The van der Waals surface area contributed by atoms with E-state index < -0.39 is 11.8 Å². The molecule has 0 unspecified atom stereocenters. The van der Waals surface area contributed by atoms with Crippen molar-refractivity contribution in [3.8, 4) is 11.5 Å². The van der Waals surface area contributed by atoms with Crippen LogP contribution in [0.3, 0.4) is 0 Å². The molecule has 1 saturated heterocycles. The molecule has 162 valence electrons. The Morgan fingerprint density at radius 2 is 1.94 bits per heavy atom. The van der Waals surface area contributed by atoms with Crippen LogP contribution >= 0.6 is 39.7 Å². The van der Waals surface area contributed by atoms with Crippen LogP contribution in [0.4, 0.5) is 5.69 Å². The fourth-order valence-corrected chi connectivity index (χ4v) is 3.68. The number of anilines is 1. The molecule has 1 atom stereocenters. The van der Waals surface area contributed by atoms with E-state index in [1.807, 2.05) is 13.8 Å². The summed E-state index contributed by atoms with van der Waals surface area (Å²) < 4.78 is 12.1. The Labute approximate surface area is 199 Å². The van der Waals surface area contributed by atoms with E-state index in [0.717, 1.165) is 10.9 Å². The lowest BCUT2D eigenvalue weighted by atomic mass is 10.1. The highest BCUT2D eigenvalue weighted by Gasteiger charge is 2.34. The fourth-order valence-electron chi connectivity index (χ4n) is 2.87. The van der Waals surface area contributed by atoms with Crippen molar-refractivity contribution in [1.82, 2.24) is 5.32 Å². The quantitative estimate of drug-likeness (QED) is 0.323. The number of amides is 2. The third kappa shape index (κ3) is 5.08. The van der Waals surface area contributed by atoms with Gasteiger partial charge in [0.15, 0.2) is 16.6 Å². The van der Waals surface area contributed by atoms with Crippen LogP contribution in [0, 0.1) is 0 Å². The van der Waals surface area contributed by atoms with Gasteiger partial charge in [0.1, 0.15) is 5.57 Å². The molecular weight excluding hydrogens is 504 g/mol. The first-order valence-electron chi connectivity index (χ1n) is 9.46. The van der Waals surface area contributed by atoms with Crippen molar-refractivity contribution in [3.63, 3.8) is 0 Å². The first-order chi connectivity index (χ1) is 14.7. The number of thiocarbonyl (C=S) groups is 1. The third-order valence-electron chi connectivity index (χ3n) is 4.64. The zero-order chi connectivity index (χ0) is 22.7. The number of rotatable bonds is 6. The van der Waals surface area contributed by atoms with Crippen molar-refractivity contribution in [1.29, 1.82) is 0 Å². The summed E-state index contributed by atoms with van der Waals surface area (Å²) in [5, 5.41) is 2.89. The molecule has 1 N–H and O–H groups in total. The van der Waals surface area contributed by atoms with Crippen LogP contribution in [-0.4, -0.2) is 30.1 Å². The van der Waals surface area contributed by atoms with Gasteiger partial charge in [-0.15, -0.1) is 0 Å². The Morgan fingerprint density at radius 3 is 2.55 bits per heavy atom. The van der Waals surface area contributed by atoms with Gasteiger partial charge in [-0.1, -0.05) is 34.5 Å². The van der Waals surface area contributed by atoms with Crippen molar-refractivity contribution < 1.29 is 19.1 Å². The number of nitrogens with zero attached hydrogens (tertiary/aromatic N) is 1. The fraction of sp³-hybridized carbons (Fsp3) is 0.227. The summed E-state index contributed by atoms with van der Waals surface area (Å²) in [7, 11) is 1.50. The normalized spacial score (nSPS) is 16.4. The maximum absolute atomic E-state index is 13.1. The second-order valence-electron chi connectivity index (χ2n) is 6.81. The summed E-state index contributed by atoms with van der Waals surface area (Å²) in [5.41, 5.74) is 0.975. The molecule has 9 heteroatoms. The molecule has 1 aliphatic rings. The van der Waals surface area contributed by atoms with E-state index >= 15 is 0 Å². The summed E-state index contributed by atoms with van der Waals surface area (Å²) in [6.45, 7) is 3.93. The van der Waals surface area contributed by atoms with E-state index in [-0.39, 0.29) is 16.8 Å². The lowest BCUT2D eigenvalue weighted by Gasteiger charge is -2.29. The molecule has 2 amide bonds. The minimum absolute atomic E-state index is 0.0161. The molecule has 3 rings (SSSR count). The smallest absolute Gasteiger partial charge is 0.270 e. The Hall–Kier alpha value is -2.42. The number of benzene rings is 2. The van der Waals surface area contributed by atoms with Gasteiger partial charge in [-0.2, -0.15) is 0 Å². The number of ether oxygens (including phenoxy) is 2. The van der Waals surface area contributed by atoms with E-state index in [2.05, 4.69) is 21.2 Å². The molecule has 2 aromatic rings. The molecule has 0 aliphatic carbocycles. The number of halogens is 2. The van der Waals surface area contributed by atoms with E-state index in [9.17, 15) is 9.59 Å². The maximum Gasteiger partial charge on any atom is 0.270 e. The first kappa shape index (κ1) is 23.2. The summed E-state index contributed by atoms with van der Waals surface area (Å²) >= 11 is 15.0. The molecule has 0 aromatic heterocycles. The standard InChI is InChI=1S/C22H20BrClN2O4S/c1-4-12(2)30-19-17(24)10-13(11-18(19)29-3)9-16-20(27)25-22(31)26(21(16)28)15-7-5-14(23)6-8-15/h5-12H,4H2,1-3H3,(H,25,27,31)/b16-9+/t12-/m0/s1. The average molecular weight is 524 g/mol.